The quantitative estimate of drug-likeness (QED) is 0.526. The molecule has 2 amide bonds. The summed E-state index contributed by atoms with van der Waals surface area (Å²) in [4.78, 5) is 22.0. The number of nitrogens with one attached hydrogen (secondary N) is 2. The number of carbonyl (C=O) groups is 2. The minimum absolute atomic E-state index is 0.0274. The zero-order chi connectivity index (χ0) is 14.7. The van der Waals surface area contributed by atoms with E-state index in [-0.39, 0.29) is 18.4 Å². The van der Waals surface area contributed by atoms with Crippen molar-refractivity contribution in [1.29, 1.82) is 0 Å². The molecule has 0 aromatic carbocycles. The molecule has 19 heavy (non-hydrogen) atoms. The summed E-state index contributed by atoms with van der Waals surface area (Å²) >= 11 is 0. The molecule has 0 aliphatic rings. The van der Waals surface area contributed by atoms with E-state index in [0.717, 1.165) is 6.42 Å². The lowest BCUT2D eigenvalue weighted by molar-refractivity contribution is -0.138. The van der Waals surface area contributed by atoms with Crippen molar-refractivity contribution in [2.24, 2.45) is 11.8 Å². The molecule has 0 heterocycles. The van der Waals surface area contributed by atoms with E-state index in [1.807, 2.05) is 6.92 Å². The highest BCUT2D eigenvalue weighted by molar-refractivity contribution is 5.74. The molecule has 0 aliphatic heterocycles. The predicted molar refractivity (Wildman–Crippen MR) is 73.1 cm³/mol. The van der Waals surface area contributed by atoms with Gasteiger partial charge in [-0.3, -0.25) is 4.79 Å². The van der Waals surface area contributed by atoms with E-state index >= 15 is 0 Å². The van der Waals surface area contributed by atoms with Gasteiger partial charge in [-0.25, -0.2) is 4.79 Å². The van der Waals surface area contributed by atoms with E-state index in [1.54, 1.807) is 0 Å². The van der Waals surface area contributed by atoms with Gasteiger partial charge in [0.25, 0.3) is 0 Å². The topological polar surface area (TPSA) is 87.7 Å². The van der Waals surface area contributed by atoms with Crippen LogP contribution in [0.5, 0.6) is 0 Å². The largest absolute Gasteiger partial charge is 0.481 e. The van der Waals surface area contributed by atoms with E-state index in [4.69, 9.17) is 9.84 Å². The molecule has 0 rings (SSSR count). The molecule has 1 atom stereocenters. The van der Waals surface area contributed by atoms with Crippen molar-refractivity contribution >= 4 is 12.0 Å². The summed E-state index contributed by atoms with van der Waals surface area (Å²) < 4.78 is 5.32. The lowest BCUT2D eigenvalue weighted by atomic mass is 10.0. The molecule has 0 fully saturated rings. The van der Waals surface area contributed by atoms with Crippen LogP contribution < -0.4 is 10.6 Å². The summed E-state index contributed by atoms with van der Waals surface area (Å²) in [6.07, 6.45) is 0.804. The van der Waals surface area contributed by atoms with Crippen LogP contribution in [0.4, 0.5) is 4.79 Å². The third-order valence-electron chi connectivity index (χ3n) is 2.58. The third-order valence-corrected chi connectivity index (χ3v) is 2.58. The molecule has 0 radical (unpaired) electrons. The molecule has 0 aliphatic carbocycles. The molecule has 0 aromatic heterocycles. The van der Waals surface area contributed by atoms with E-state index in [9.17, 15) is 9.59 Å². The Kier molecular flexibility index (Phi) is 9.88. The van der Waals surface area contributed by atoms with Crippen LogP contribution >= 0.6 is 0 Å². The number of carboxylic acid groups (broad SMARTS) is 1. The third kappa shape index (κ3) is 11.5. The Morgan fingerprint density at radius 2 is 1.95 bits per heavy atom. The van der Waals surface area contributed by atoms with Crippen LogP contribution in [0.2, 0.25) is 0 Å². The van der Waals surface area contributed by atoms with Crippen LogP contribution in [-0.2, 0) is 9.53 Å². The molecule has 3 N–H and O–H groups in total. The summed E-state index contributed by atoms with van der Waals surface area (Å²) in [7, 11) is 0. The first-order valence-corrected chi connectivity index (χ1v) is 6.76. The molecule has 6 nitrogen and oxygen atoms in total. The molecule has 112 valence electrons. The van der Waals surface area contributed by atoms with Crippen LogP contribution in [-0.4, -0.2) is 43.4 Å². The van der Waals surface area contributed by atoms with Crippen molar-refractivity contribution in [1.82, 2.24) is 10.6 Å². The normalized spacial score (nSPS) is 12.2. The van der Waals surface area contributed by atoms with Gasteiger partial charge >= 0.3 is 12.0 Å². The molecule has 0 spiro atoms. The highest BCUT2D eigenvalue weighted by atomic mass is 16.5. The highest BCUT2D eigenvalue weighted by Crippen LogP contribution is 2.06. The average molecular weight is 274 g/mol. The van der Waals surface area contributed by atoms with Crippen LogP contribution in [0.15, 0.2) is 0 Å². The Hall–Kier alpha value is -1.30. The maximum atomic E-state index is 11.4. The van der Waals surface area contributed by atoms with Crippen molar-refractivity contribution in [3.05, 3.63) is 0 Å². The number of hydrogen-bond acceptors (Lipinski definition) is 3. The fourth-order valence-corrected chi connectivity index (χ4v) is 1.46. The second-order valence-electron chi connectivity index (χ2n) is 4.98. The smallest absolute Gasteiger partial charge is 0.314 e. The lowest BCUT2D eigenvalue weighted by Gasteiger charge is -2.14. The summed E-state index contributed by atoms with van der Waals surface area (Å²) in [5.41, 5.74) is 0. The first-order valence-electron chi connectivity index (χ1n) is 6.76. The number of carbonyl (C=O) groups excluding carboxylic acids is 1. The fraction of sp³-hybridized carbons (Fsp3) is 0.846. The molecule has 0 aromatic rings. The molecule has 1 unspecified atom stereocenters. The Bertz CT molecular complexity index is 269. The minimum atomic E-state index is -0.837. The number of aliphatic carboxylic acids is 1. The summed E-state index contributed by atoms with van der Waals surface area (Å²) in [5, 5.41) is 14.0. The molecule has 0 saturated carbocycles. The summed E-state index contributed by atoms with van der Waals surface area (Å²) in [5.74, 6) is -0.383. The van der Waals surface area contributed by atoms with Crippen molar-refractivity contribution in [3.8, 4) is 0 Å². The molecular weight excluding hydrogens is 248 g/mol. The highest BCUT2D eigenvalue weighted by Gasteiger charge is 2.12. The van der Waals surface area contributed by atoms with Gasteiger partial charge in [0, 0.05) is 26.1 Å². The van der Waals surface area contributed by atoms with Gasteiger partial charge in [-0.2, -0.15) is 0 Å². The summed E-state index contributed by atoms with van der Waals surface area (Å²) in [6.45, 7) is 8.03. The van der Waals surface area contributed by atoms with Gasteiger partial charge in [-0.1, -0.05) is 27.2 Å². The Morgan fingerprint density at radius 1 is 1.26 bits per heavy atom. The number of rotatable bonds is 10. The van der Waals surface area contributed by atoms with E-state index < -0.39 is 5.97 Å². The van der Waals surface area contributed by atoms with Crippen LogP contribution in [0.25, 0.3) is 0 Å². The van der Waals surface area contributed by atoms with Gasteiger partial charge in [-0.15, -0.1) is 0 Å². The van der Waals surface area contributed by atoms with Crippen molar-refractivity contribution in [3.63, 3.8) is 0 Å². The Balaban J connectivity index is 3.60. The number of ether oxygens (including phenoxy) is 1. The van der Waals surface area contributed by atoms with Crippen LogP contribution in [0.3, 0.4) is 0 Å². The zero-order valence-corrected chi connectivity index (χ0v) is 12.1. The number of carboxylic acids is 1. The number of amides is 2. The molecular formula is C13H26N2O4. The Morgan fingerprint density at radius 3 is 2.47 bits per heavy atom. The first-order chi connectivity index (χ1) is 8.95. The second kappa shape index (κ2) is 10.6. The number of urea groups is 1. The number of hydrogen-bond donors (Lipinski definition) is 3. The molecule has 0 bridgehead atoms. The first kappa shape index (κ1) is 17.7. The van der Waals surface area contributed by atoms with Crippen molar-refractivity contribution in [2.75, 3.05) is 26.3 Å². The SMILES string of the molecule is CCC(CNC(=O)NCCOCC(C)C)CC(=O)O. The Labute approximate surface area is 114 Å². The maximum absolute atomic E-state index is 11.4. The maximum Gasteiger partial charge on any atom is 0.314 e. The fourth-order valence-electron chi connectivity index (χ4n) is 1.46. The predicted octanol–water partition coefficient (Wildman–Crippen LogP) is 1.46. The van der Waals surface area contributed by atoms with E-state index in [0.29, 0.717) is 32.2 Å². The average Bonchev–Trinajstić information content (AvgIpc) is 2.33. The van der Waals surface area contributed by atoms with Gasteiger partial charge in [-0.05, 0) is 11.8 Å². The van der Waals surface area contributed by atoms with E-state index in [2.05, 4.69) is 24.5 Å². The van der Waals surface area contributed by atoms with Crippen molar-refractivity contribution in [2.45, 2.75) is 33.6 Å². The standard InChI is InChI=1S/C13H26N2O4/c1-4-11(7-12(16)17)8-15-13(18)14-5-6-19-9-10(2)3/h10-11H,4-9H2,1-3H3,(H,16,17)(H2,14,15,18). The van der Waals surface area contributed by atoms with Crippen LogP contribution in [0, 0.1) is 11.8 Å². The van der Waals surface area contributed by atoms with Crippen LogP contribution in [0.1, 0.15) is 33.6 Å². The van der Waals surface area contributed by atoms with Crippen molar-refractivity contribution < 1.29 is 19.4 Å². The summed E-state index contributed by atoms with van der Waals surface area (Å²) in [6, 6.07) is -0.281. The minimum Gasteiger partial charge on any atom is -0.481 e. The molecule has 6 heteroatoms. The lowest BCUT2D eigenvalue weighted by Crippen LogP contribution is -2.40. The van der Waals surface area contributed by atoms with E-state index in [1.165, 1.54) is 0 Å². The van der Waals surface area contributed by atoms with Gasteiger partial charge in [0.1, 0.15) is 0 Å². The zero-order valence-electron chi connectivity index (χ0n) is 12.1. The van der Waals surface area contributed by atoms with Gasteiger partial charge < -0.3 is 20.5 Å². The van der Waals surface area contributed by atoms with Gasteiger partial charge in [0.2, 0.25) is 0 Å². The monoisotopic (exact) mass is 274 g/mol. The second-order valence-corrected chi connectivity index (χ2v) is 4.98. The van der Waals surface area contributed by atoms with Gasteiger partial charge in [0.15, 0.2) is 0 Å². The molecule has 0 saturated heterocycles. The van der Waals surface area contributed by atoms with Gasteiger partial charge in [0.05, 0.1) is 6.61 Å².